The van der Waals surface area contributed by atoms with E-state index in [0.717, 1.165) is 25.4 Å². The fourth-order valence-corrected chi connectivity index (χ4v) is 2.57. The molecule has 0 unspecified atom stereocenters. The van der Waals surface area contributed by atoms with E-state index in [4.69, 9.17) is 4.99 Å². The number of hydrogen-bond donors (Lipinski definition) is 0. The van der Waals surface area contributed by atoms with E-state index in [2.05, 4.69) is 37.1 Å². The minimum absolute atomic E-state index is 0.736. The summed E-state index contributed by atoms with van der Waals surface area (Å²) in [5, 5.41) is 5.61. The number of rotatable bonds is 2. The van der Waals surface area contributed by atoms with E-state index in [9.17, 15) is 0 Å². The smallest absolute Gasteiger partial charge is 0.0682 e. The van der Waals surface area contributed by atoms with Crippen LogP contribution in [0.25, 0.3) is 10.9 Å². The van der Waals surface area contributed by atoms with E-state index in [0.29, 0.717) is 0 Å². The largest absolute Gasteiger partial charge is 0.289 e. The molecule has 18 heavy (non-hydrogen) atoms. The van der Waals surface area contributed by atoms with Crippen LogP contribution in [0.5, 0.6) is 0 Å². The normalized spacial score (nSPS) is 20.1. The Bertz CT molecular complexity index is 595. The molecule has 0 radical (unpaired) electrons. The Morgan fingerprint density at radius 2 is 2.28 bits per heavy atom. The highest BCUT2D eigenvalue weighted by Crippen LogP contribution is 2.21. The predicted octanol–water partition coefficient (Wildman–Crippen LogP) is 3.28. The summed E-state index contributed by atoms with van der Waals surface area (Å²) < 4.78 is 2.03. The molecule has 0 saturated carbocycles. The molecule has 3 rings (SSSR count). The summed E-state index contributed by atoms with van der Waals surface area (Å²) in [6, 6.07) is 6.58. The Balaban J connectivity index is 1.99. The standard InChI is InChI=1S/C15H19N3/c1-3-18-15-7-5-12(8-13(15)10-17-18)14-6-4-11(2)9-16-14/h5,7-8,10-11H,3-4,6,9H2,1-2H3/t11-/m0/s1. The first-order chi connectivity index (χ1) is 8.78. The Labute approximate surface area is 108 Å². The van der Waals surface area contributed by atoms with E-state index in [1.165, 1.54) is 28.6 Å². The van der Waals surface area contributed by atoms with Gasteiger partial charge in [0.25, 0.3) is 0 Å². The number of aliphatic imine (C=N–C) groups is 1. The maximum Gasteiger partial charge on any atom is 0.0682 e. The summed E-state index contributed by atoms with van der Waals surface area (Å²) >= 11 is 0. The summed E-state index contributed by atoms with van der Waals surface area (Å²) in [6.07, 6.45) is 4.31. The van der Waals surface area contributed by atoms with Crippen molar-refractivity contribution in [1.29, 1.82) is 0 Å². The molecule has 0 spiro atoms. The SMILES string of the molecule is CCn1ncc2cc(C3=NC[C@@H](C)CC3)ccc21. The Kier molecular flexibility index (Phi) is 2.90. The molecule has 0 bridgehead atoms. The van der Waals surface area contributed by atoms with Crippen LogP contribution < -0.4 is 0 Å². The van der Waals surface area contributed by atoms with Crippen molar-refractivity contribution in [3.8, 4) is 0 Å². The monoisotopic (exact) mass is 241 g/mol. The lowest BCUT2D eigenvalue weighted by Crippen LogP contribution is -2.14. The van der Waals surface area contributed by atoms with Gasteiger partial charge in [0.1, 0.15) is 0 Å². The van der Waals surface area contributed by atoms with Crippen LogP contribution in [0.4, 0.5) is 0 Å². The molecule has 0 fully saturated rings. The lowest BCUT2D eigenvalue weighted by Gasteiger charge is -2.17. The molecule has 0 saturated heterocycles. The molecule has 2 heterocycles. The van der Waals surface area contributed by atoms with Gasteiger partial charge in [0.2, 0.25) is 0 Å². The third-order valence-corrected chi connectivity index (χ3v) is 3.74. The number of hydrogen-bond acceptors (Lipinski definition) is 2. The first-order valence-corrected chi connectivity index (χ1v) is 6.77. The lowest BCUT2D eigenvalue weighted by molar-refractivity contribution is 0.538. The zero-order valence-electron chi connectivity index (χ0n) is 11.1. The van der Waals surface area contributed by atoms with E-state index < -0.39 is 0 Å². The maximum atomic E-state index is 4.70. The van der Waals surface area contributed by atoms with Gasteiger partial charge in [-0.2, -0.15) is 5.10 Å². The van der Waals surface area contributed by atoms with E-state index in [-0.39, 0.29) is 0 Å². The number of nitrogens with zero attached hydrogens (tertiary/aromatic N) is 3. The highest BCUT2D eigenvalue weighted by molar-refractivity contribution is 6.03. The molecule has 1 aromatic carbocycles. The second-order valence-corrected chi connectivity index (χ2v) is 5.17. The van der Waals surface area contributed by atoms with Gasteiger partial charge in [-0.3, -0.25) is 9.67 Å². The van der Waals surface area contributed by atoms with Gasteiger partial charge in [-0.25, -0.2) is 0 Å². The van der Waals surface area contributed by atoms with Gasteiger partial charge in [-0.05, 0) is 43.4 Å². The molecule has 94 valence electrons. The summed E-state index contributed by atoms with van der Waals surface area (Å²) in [5.41, 5.74) is 3.75. The molecule has 1 aromatic heterocycles. The predicted molar refractivity (Wildman–Crippen MR) is 75.2 cm³/mol. The van der Waals surface area contributed by atoms with E-state index in [1.54, 1.807) is 0 Å². The van der Waals surface area contributed by atoms with Crippen LogP contribution in [0.1, 0.15) is 32.3 Å². The Morgan fingerprint density at radius 1 is 1.39 bits per heavy atom. The molecule has 0 amide bonds. The van der Waals surface area contributed by atoms with Crippen molar-refractivity contribution in [3.05, 3.63) is 30.0 Å². The van der Waals surface area contributed by atoms with Crippen molar-refractivity contribution >= 4 is 16.6 Å². The van der Waals surface area contributed by atoms with E-state index >= 15 is 0 Å². The van der Waals surface area contributed by atoms with Crippen LogP contribution in [0.3, 0.4) is 0 Å². The second-order valence-electron chi connectivity index (χ2n) is 5.17. The first-order valence-electron chi connectivity index (χ1n) is 6.77. The fraction of sp³-hybridized carbons (Fsp3) is 0.467. The molecule has 3 nitrogen and oxygen atoms in total. The molecule has 1 aliphatic heterocycles. The van der Waals surface area contributed by atoms with Gasteiger partial charge in [0, 0.05) is 24.2 Å². The fourth-order valence-electron chi connectivity index (χ4n) is 2.57. The van der Waals surface area contributed by atoms with Crippen molar-refractivity contribution in [2.75, 3.05) is 6.54 Å². The maximum absolute atomic E-state index is 4.70. The van der Waals surface area contributed by atoms with Crippen LogP contribution in [-0.2, 0) is 6.54 Å². The summed E-state index contributed by atoms with van der Waals surface area (Å²) in [7, 11) is 0. The van der Waals surface area contributed by atoms with Crippen LogP contribution >= 0.6 is 0 Å². The van der Waals surface area contributed by atoms with Crippen LogP contribution in [-0.4, -0.2) is 22.0 Å². The van der Waals surface area contributed by atoms with Crippen molar-refractivity contribution in [2.45, 2.75) is 33.2 Å². The molecule has 1 aliphatic rings. The zero-order valence-corrected chi connectivity index (χ0v) is 11.1. The van der Waals surface area contributed by atoms with E-state index in [1.807, 2.05) is 10.9 Å². The van der Waals surface area contributed by atoms with Crippen LogP contribution in [0.2, 0.25) is 0 Å². The summed E-state index contributed by atoms with van der Waals surface area (Å²) in [5.74, 6) is 0.736. The van der Waals surface area contributed by atoms with Gasteiger partial charge in [0.05, 0.1) is 11.7 Å². The Hall–Kier alpha value is -1.64. The van der Waals surface area contributed by atoms with Gasteiger partial charge >= 0.3 is 0 Å². The molecule has 0 aliphatic carbocycles. The Morgan fingerprint density at radius 3 is 3.00 bits per heavy atom. The topological polar surface area (TPSA) is 30.2 Å². The average Bonchev–Trinajstić information content (AvgIpc) is 2.81. The number of aryl methyl sites for hydroxylation is 1. The molecular weight excluding hydrogens is 222 g/mol. The number of benzene rings is 1. The third-order valence-electron chi connectivity index (χ3n) is 3.74. The highest BCUT2D eigenvalue weighted by atomic mass is 15.3. The first kappa shape index (κ1) is 11.5. The molecule has 1 atom stereocenters. The van der Waals surface area contributed by atoms with Gasteiger partial charge in [-0.15, -0.1) is 0 Å². The number of aromatic nitrogens is 2. The van der Waals surface area contributed by atoms with Crippen molar-refractivity contribution in [3.63, 3.8) is 0 Å². The van der Waals surface area contributed by atoms with Crippen molar-refractivity contribution in [1.82, 2.24) is 9.78 Å². The van der Waals surface area contributed by atoms with Gasteiger partial charge < -0.3 is 0 Å². The second kappa shape index (κ2) is 4.56. The zero-order chi connectivity index (χ0) is 12.5. The molecule has 3 heteroatoms. The average molecular weight is 241 g/mol. The van der Waals surface area contributed by atoms with Gasteiger partial charge in [0.15, 0.2) is 0 Å². The summed E-state index contributed by atoms with van der Waals surface area (Å²) in [4.78, 5) is 4.70. The summed E-state index contributed by atoms with van der Waals surface area (Å²) in [6.45, 7) is 6.28. The third kappa shape index (κ3) is 1.94. The lowest BCUT2D eigenvalue weighted by atomic mass is 9.95. The molecule has 0 N–H and O–H groups in total. The minimum atomic E-state index is 0.736. The van der Waals surface area contributed by atoms with Crippen molar-refractivity contribution < 1.29 is 0 Å². The number of fused-ring (bicyclic) bond motifs is 1. The van der Waals surface area contributed by atoms with Crippen LogP contribution in [0.15, 0.2) is 29.4 Å². The molecular formula is C15H19N3. The quantitative estimate of drug-likeness (QED) is 0.793. The van der Waals surface area contributed by atoms with Crippen LogP contribution in [0, 0.1) is 5.92 Å². The molecule has 2 aromatic rings. The van der Waals surface area contributed by atoms with Crippen molar-refractivity contribution in [2.24, 2.45) is 10.9 Å². The minimum Gasteiger partial charge on any atom is -0.289 e. The van der Waals surface area contributed by atoms with Gasteiger partial charge in [-0.1, -0.05) is 13.0 Å². The highest BCUT2D eigenvalue weighted by Gasteiger charge is 2.13.